The molecular weight excluding hydrogens is 398 g/mol. The number of hydrogen-bond donors (Lipinski definition) is 0. The van der Waals surface area contributed by atoms with E-state index in [1.54, 1.807) is 24.5 Å². The Balaban J connectivity index is 1.58. The number of nitrogens with zero attached hydrogens (tertiary/aromatic N) is 1. The molecule has 0 aliphatic carbocycles. The van der Waals surface area contributed by atoms with Gasteiger partial charge in [-0.3, -0.25) is 9.78 Å². The maximum atomic E-state index is 13.5. The minimum Gasteiger partial charge on any atom is -0.489 e. The second kappa shape index (κ2) is 8.90. The highest BCUT2D eigenvalue weighted by molar-refractivity contribution is 5.82. The van der Waals surface area contributed by atoms with Gasteiger partial charge < -0.3 is 9.15 Å². The lowest BCUT2D eigenvalue weighted by atomic mass is 9.99. The highest BCUT2D eigenvalue weighted by Gasteiger charge is 2.17. The number of rotatable bonds is 6. The quantitative estimate of drug-likeness (QED) is 0.337. The van der Waals surface area contributed by atoms with Crippen molar-refractivity contribution in [1.82, 2.24) is 4.98 Å². The van der Waals surface area contributed by atoms with Crippen molar-refractivity contribution in [2.75, 3.05) is 0 Å². The molecule has 0 atom stereocenters. The summed E-state index contributed by atoms with van der Waals surface area (Å²) in [6.45, 7) is 0.446. The molecule has 5 aromatic rings. The molecule has 0 spiro atoms. The summed E-state index contributed by atoms with van der Waals surface area (Å²) in [6.07, 6.45) is 3.95. The van der Waals surface area contributed by atoms with Gasteiger partial charge in [0.15, 0.2) is 5.43 Å². The molecule has 0 fully saturated rings. The molecule has 0 saturated heterocycles. The second-order valence-corrected chi connectivity index (χ2v) is 7.58. The zero-order valence-electron chi connectivity index (χ0n) is 17.4. The fourth-order valence-corrected chi connectivity index (χ4v) is 3.73. The molecule has 0 aliphatic heterocycles. The Labute approximate surface area is 185 Å². The standard InChI is InChI=1S/C28H21NO3/c30-27-24-14-13-23(31-19-20-8-3-1-4-9-20)17-26(24)32-28(22-11-5-2-6-12-22)25(27)16-21-10-7-15-29-18-21/h1-15,17-18H,16,19H2. The van der Waals surface area contributed by atoms with Crippen LogP contribution in [0.25, 0.3) is 22.3 Å². The van der Waals surface area contributed by atoms with Gasteiger partial charge in [0.25, 0.3) is 0 Å². The average molecular weight is 419 g/mol. The van der Waals surface area contributed by atoms with Crippen molar-refractivity contribution in [2.24, 2.45) is 0 Å². The van der Waals surface area contributed by atoms with Crippen LogP contribution in [0.5, 0.6) is 5.75 Å². The van der Waals surface area contributed by atoms with Gasteiger partial charge in [-0.25, -0.2) is 0 Å². The van der Waals surface area contributed by atoms with Gasteiger partial charge in [-0.05, 0) is 29.3 Å². The van der Waals surface area contributed by atoms with Crippen molar-refractivity contribution >= 4 is 11.0 Å². The molecule has 2 aromatic heterocycles. The van der Waals surface area contributed by atoms with E-state index in [-0.39, 0.29) is 5.43 Å². The molecule has 0 N–H and O–H groups in total. The topological polar surface area (TPSA) is 52.3 Å². The van der Waals surface area contributed by atoms with Crippen LogP contribution in [0.15, 0.2) is 113 Å². The number of ether oxygens (including phenoxy) is 1. The highest BCUT2D eigenvalue weighted by Crippen LogP contribution is 2.29. The van der Waals surface area contributed by atoms with Gasteiger partial charge in [-0.2, -0.15) is 0 Å². The van der Waals surface area contributed by atoms with Crippen molar-refractivity contribution in [1.29, 1.82) is 0 Å². The van der Waals surface area contributed by atoms with Gasteiger partial charge in [0.2, 0.25) is 0 Å². The third-order valence-corrected chi connectivity index (χ3v) is 5.35. The largest absolute Gasteiger partial charge is 0.489 e. The highest BCUT2D eigenvalue weighted by atomic mass is 16.5. The normalized spacial score (nSPS) is 10.9. The van der Waals surface area contributed by atoms with Gasteiger partial charge in [-0.1, -0.05) is 66.7 Å². The molecule has 2 heterocycles. The van der Waals surface area contributed by atoms with E-state index in [1.807, 2.05) is 78.9 Å². The van der Waals surface area contributed by atoms with Crippen molar-refractivity contribution in [3.8, 4) is 17.1 Å². The van der Waals surface area contributed by atoms with E-state index in [0.717, 1.165) is 16.7 Å². The number of hydrogen-bond acceptors (Lipinski definition) is 4. The lowest BCUT2D eigenvalue weighted by Crippen LogP contribution is -2.12. The van der Waals surface area contributed by atoms with E-state index >= 15 is 0 Å². The molecule has 32 heavy (non-hydrogen) atoms. The molecule has 5 rings (SSSR count). The first-order valence-corrected chi connectivity index (χ1v) is 10.5. The summed E-state index contributed by atoms with van der Waals surface area (Å²) in [4.78, 5) is 17.7. The van der Waals surface area contributed by atoms with E-state index < -0.39 is 0 Å². The maximum absolute atomic E-state index is 13.5. The van der Waals surface area contributed by atoms with Crippen LogP contribution >= 0.6 is 0 Å². The molecule has 0 saturated carbocycles. The Morgan fingerprint density at radius 3 is 2.31 bits per heavy atom. The van der Waals surface area contributed by atoms with Crippen molar-refractivity contribution in [3.63, 3.8) is 0 Å². The number of aromatic nitrogens is 1. The molecule has 3 aromatic carbocycles. The van der Waals surface area contributed by atoms with Crippen LogP contribution in [-0.2, 0) is 13.0 Å². The van der Waals surface area contributed by atoms with Crippen LogP contribution < -0.4 is 10.2 Å². The van der Waals surface area contributed by atoms with Crippen LogP contribution in [0.1, 0.15) is 16.7 Å². The Kier molecular flexibility index (Phi) is 5.50. The molecule has 0 aliphatic rings. The van der Waals surface area contributed by atoms with Gasteiger partial charge >= 0.3 is 0 Å². The zero-order valence-corrected chi connectivity index (χ0v) is 17.4. The van der Waals surface area contributed by atoms with Crippen molar-refractivity contribution in [2.45, 2.75) is 13.0 Å². The zero-order chi connectivity index (χ0) is 21.8. The van der Waals surface area contributed by atoms with Crippen LogP contribution in [-0.4, -0.2) is 4.98 Å². The van der Waals surface area contributed by atoms with Gasteiger partial charge in [0, 0.05) is 36.0 Å². The summed E-state index contributed by atoms with van der Waals surface area (Å²) in [5.74, 6) is 1.23. The predicted molar refractivity (Wildman–Crippen MR) is 126 cm³/mol. The number of fused-ring (bicyclic) bond motifs is 1. The van der Waals surface area contributed by atoms with E-state index in [1.165, 1.54) is 0 Å². The van der Waals surface area contributed by atoms with E-state index in [9.17, 15) is 4.79 Å². The van der Waals surface area contributed by atoms with Crippen LogP contribution in [0.2, 0.25) is 0 Å². The van der Waals surface area contributed by atoms with Crippen molar-refractivity contribution < 1.29 is 9.15 Å². The molecule has 0 radical (unpaired) electrons. The molecule has 0 amide bonds. The molecule has 4 nitrogen and oxygen atoms in total. The monoisotopic (exact) mass is 419 g/mol. The predicted octanol–water partition coefficient (Wildman–Crippen LogP) is 6.02. The number of pyridine rings is 1. The molecule has 0 bridgehead atoms. The molecule has 4 heteroatoms. The van der Waals surface area contributed by atoms with Gasteiger partial charge in [-0.15, -0.1) is 0 Å². The molecular formula is C28H21NO3. The Hall–Kier alpha value is -4.18. The summed E-state index contributed by atoms with van der Waals surface area (Å²) < 4.78 is 12.3. The van der Waals surface area contributed by atoms with Crippen molar-refractivity contribution in [3.05, 3.63) is 130 Å². The van der Waals surface area contributed by atoms with E-state index in [2.05, 4.69) is 4.98 Å². The Morgan fingerprint density at radius 2 is 1.56 bits per heavy atom. The lowest BCUT2D eigenvalue weighted by Gasteiger charge is -2.12. The summed E-state index contributed by atoms with van der Waals surface area (Å²) in [5.41, 5.74) is 3.98. The summed E-state index contributed by atoms with van der Waals surface area (Å²) in [7, 11) is 0. The third kappa shape index (κ3) is 4.16. The minimum atomic E-state index is -0.0384. The first kappa shape index (κ1) is 19.8. The fraction of sp³-hybridized carbons (Fsp3) is 0.0714. The maximum Gasteiger partial charge on any atom is 0.196 e. The Morgan fingerprint density at radius 1 is 0.812 bits per heavy atom. The SMILES string of the molecule is O=c1c(Cc2cccnc2)c(-c2ccccc2)oc2cc(OCc3ccccc3)ccc12. The third-order valence-electron chi connectivity index (χ3n) is 5.35. The van der Waals surface area contributed by atoms with Crippen LogP contribution in [0.3, 0.4) is 0 Å². The molecule has 156 valence electrons. The minimum absolute atomic E-state index is 0.0384. The number of benzene rings is 3. The van der Waals surface area contributed by atoms with E-state index in [4.69, 9.17) is 9.15 Å². The fourth-order valence-electron chi connectivity index (χ4n) is 3.73. The first-order chi connectivity index (χ1) is 15.8. The smallest absolute Gasteiger partial charge is 0.196 e. The van der Waals surface area contributed by atoms with Gasteiger partial charge in [0.05, 0.1) is 5.39 Å². The summed E-state index contributed by atoms with van der Waals surface area (Å²) in [6, 6.07) is 28.9. The Bertz CT molecular complexity index is 1400. The lowest BCUT2D eigenvalue weighted by molar-refractivity contribution is 0.306. The molecule has 0 unspecified atom stereocenters. The van der Waals surface area contributed by atoms with Crippen LogP contribution in [0.4, 0.5) is 0 Å². The summed E-state index contributed by atoms with van der Waals surface area (Å²) in [5, 5.41) is 0.538. The summed E-state index contributed by atoms with van der Waals surface area (Å²) >= 11 is 0. The average Bonchev–Trinajstić information content (AvgIpc) is 2.86. The van der Waals surface area contributed by atoms with Crippen LogP contribution in [0, 0.1) is 0 Å². The second-order valence-electron chi connectivity index (χ2n) is 7.58. The first-order valence-electron chi connectivity index (χ1n) is 10.5. The van der Waals surface area contributed by atoms with E-state index in [0.29, 0.717) is 41.1 Å². The van der Waals surface area contributed by atoms with Gasteiger partial charge in [0.1, 0.15) is 23.7 Å².